The predicted molar refractivity (Wildman–Crippen MR) is 90.7 cm³/mol. The first-order chi connectivity index (χ1) is 11.4. The van der Waals surface area contributed by atoms with Crippen LogP contribution in [0.5, 0.6) is 0 Å². The summed E-state index contributed by atoms with van der Waals surface area (Å²) < 4.78 is 66.0. The quantitative estimate of drug-likeness (QED) is 0.578. The molecule has 0 fully saturated rings. The Kier molecular flexibility index (Phi) is 6.91. The van der Waals surface area contributed by atoms with Crippen LogP contribution >= 0.6 is 0 Å². The van der Waals surface area contributed by atoms with Gasteiger partial charge in [-0.2, -0.15) is 4.72 Å². The first-order valence-corrected chi connectivity index (χ1v) is 10.6. The van der Waals surface area contributed by atoms with Crippen molar-refractivity contribution in [1.29, 1.82) is 0 Å². The van der Waals surface area contributed by atoms with E-state index >= 15 is 0 Å². The SMILES string of the molecule is CCCS(=O)(=O)Nc1ccc(S(=O)(=O)NC(C(=O)O)C(C)C)c(F)c1. The number of carboxylic acid groups (broad SMARTS) is 1. The zero-order valence-corrected chi connectivity index (χ0v) is 15.6. The summed E-state index contributed by atoms with van der Waals surface area (Å²) in [5.74, 6) is -3.30. The Labute approximate surface area is 146 Å². The van der Waals surface area contributed by atoms with Crippen LogP contribution in [0.1, 0.15) is 27.2 Å². The molecule has 1 unspecified atom stereocenters. The smallest absolute Gasteiger partial charge is 0.322 e. The molecule has 0 radical (unpaired) electrons. The van der Waals surface area contributed by atoms with Crippen LogP contribution < -0.4 is 9.44 Å². The maximum atomic E-state index is 14.2. The first-order valence-electron chi connectivity index (χ1n) is 7.44. The van der Waals surface area contributed by atoms with Crippen LogP contribution in [0, 0.1) is 11.7 Å². The number of sulfonamides is 2. The molecule has 1 atom stereocenters. The largest absolute Gasteiger partial charge is 0.480 e. The van der Waals surface area contributed by atoms with Gasteiger partial charge in [0.15, 0.2) is 0 Å². The maximum absolute atomic E-state index is 14.2. The molecule has 0 aliphatic rings. The molecule has 0 heterocycles. The van der Waals surface area contributed by atoms with Crippen LogP contribution in [-0.2, 0) is 24.8 Å². The van der Waals surface area contributed by atoms with Crippen LogP contribution in [0.15, 0.2) is 23.1 Å². The topological polar surface area (TPSA) is 130 Å². The summed E-state index contributed by atoms with van der Waals surface area (Å²) in [7, 11) is -8.08. The average molecular weight is 396 g/mol. The zero-order chi connectivity index (χ0) is 19.4. The van der Waals surface area contributed by atoms with Gasteiger partial charge in [0.05, 0.1) is 11.4 Å². The fraction of sp³-hybridized carbons (Fsp3) is 0.500. The highest BCUT2D eigenvalue weighted by molar-refractivity contribution is 7.92. The van der Waals surface area contributed by atoms with Crippen molar-refractivity contribution in [2.75, 3.05) is 10.5 Å². The summed E-state index contributed by atoms with van der Waals surface area (Å²) in [5.41, 5.74) is -0.122. The Balaban J connectivity index is 3.12. The molecule has 1 rings (SSSR count). The average Bonchev–Trinajstić information content (AvgIpc) is 2.43. The number of anilines is 1. The van der Waals surface area contributed by atoms with Crippen molar-refractivity contribution >= 4 is 31.7 Å². The van der Waals surface area contributed by atoms with Gasteiger partial charge in [0.2, 0.25) is 20.0 Å². The molecular formula is C14H21FN2O6S2. The second-order valence-corrected chi connectivity index (χ2v) is 9.27. The zero-order valence-electron chi connectivity index (χ0n) is 14.0. The molecule has 0 saturated carbocycles. The molecule has 0 saturated heterocycles. The molecule has 0 amide bonds. The van der Waals surface area contributed by atoms with Gasteiger partial charge in [-0.3, -0.25) is 9.52 Å². The van der Waals surface area contributed by atoms with Gasteiger partial charge < -0.3 is 5.11 Å². The maximum Gasteiger partial charge on any atom is 0.322 e. The minimum Gasteiger partial charge on any atom is -0.480 e. The van der Waals surface area contributed by atoms with Crippen LogP contribution in [-0.4, -0.2) is 39.7 Å². The van der Waals surface area contributed by atoms with E-state index in [2.05, 4.69) is 4.72 Å². The molecule has 8 nitrogen and oxygen atoms in total. The summed E-state index contributed by atoms with van der Waals surface area (Å²) in [6, 6.07) is 1.27. The van der Waals surface area contributed by atoms with Gasteiger partial charge in [-0.1, -0.05) is 20.8 Å². The predicted octanol–water partition coefficient (Wildman–Crippen LogP) is 1.36. The van der Waals surface area contributed by atoms with E-state index in [0.717, 1.165) is 18.2 Å². The van der Waals surface area contributed by atoms with E-state index in [1.807, 2.05) is 4.72 Å². The van der Waals surface area contributed by atoms with Gasteiger partial charge in [0, 0.05) is 0 Å². The summed E-state index contributed by atoms with van der Waals surface area (Å²) in [6.07, 6.45) is 0.361. The normalized spacial score (nSPS) is 13.6. The molecule has 0 aromatic heterocycles. The third-order valence-electron chi connectivity index (χ3n) is 3.18. The van der Waals surface area contributed by atoms with Crippen molar-refractivity contribution in [2.45, 2.75) is 38.1 Å². The van der Waals surface area contributed by atoms with E-state index in [0.29, 0.717) is 6.42 Å². The lowest BCUT2D eigenvalue weighted by molar-refractivity contribution is -0.140. The molecule has 142 valence electrons. The number of benzene rings is 1. The summed E-state index contributed by atoms with van der Waals surface area (Å²) in [4.78, 5) is 10.3. The number of aliphatic carboxylic acids is 1. The second kappa shape index (κ2) is 8.11. The van der Waals surface area contributed by atoms with E-state index in [-0.39, 0.29) is 11.4 Å². The molecule has 0 spiro atoms. The standard InChI is InChI=1S/C14H21FN2O6S2/c1-4-7-24(20,21)16-10-5-6-12(11(15)8-10)25(22,23)17-13(9(2)3)14(18)19/h5-6,8-9,13,16-17H,4,7H2,1-3H3,(H,18,19). The molecular weight excluding hydrogens is 375 g/mol. The third kappa shape index (κ3) is 5.94. The van der Waals surface area contributed by atoms with Gasteiger partial charge in [-0.15, -0.1) is 0 Å². The van der Waals surface area contributed by atoms with E-state index in [1.165, 1.54) is 13.8 Å². The summed E-state index contributed by atoms with van der Waals surface area (Å²) in [5, 5.41) is 9.05. The van der Waals surface area contributed by atoms with E-state index < -0.39 is 48.7 Å². The Morgan fingerprint density at radius 1 is 1.24 bits per heavy atom. The summed E-state index contributed by atoms with van der Waals surface area (Å²) in [6.45, 7) is 4.67. The van der Waals surface area contributed by atoms with Gasteiger partial charge in [-0.05, 0) is 30.5 Å². The van der Waals surface area contributed by atoms with Crippen LogP contribution in [0.3, 0.4) is 0 Å². The van der Waals surface area contributed by atoms with Crippen LogP contribution in [0.4, 0.5) is 10.1 Å². The molecule has 0 bridgehead atoms. The first kappa shape index (κ1) is 21.3. The number of carboxylic acids is 1. The van der Waals surface area contributed by atoms with Gasteiger partial charge >= 0.3 is 5.97 Å². The van der Waals surface area contributed by atoms with Crippen molar-refractivity contribution in [3.63, 3.8) is 0 Å². The lowest BCUT2D eigenvalue weighted by Crippen LogP contribution is -2.44. The Bertz CT molecular complexity index is 837. The molecule has 11 heteroatoms. The Morgan fingerprint density at radius 3 is 2.28 bits per heavy atom. The van der Waals surface area contributed by atoms with Crippen LogP contribution in [0.25, 0.3) is 0 Å². The van der Waals surface area contributed by atoms with Gasteiger partial charge in [-0.25, -0.2) is 21.2 Å². The minimum absolute atomic E-state index is 0.122. The third-order valence-corrected chi connectivity index (χ3v) is 6.15. The van der Waals surface area contributed by atoms with Gasteiger partial charge in [0.25, 0.3) is 0 Å². The molecule has 1 aromatic rings. The lowest BCUT2D eigenvalue weighted by Gasteiger charge is -2.18. The lowest BCUT2D eigenvalue weighted by atomic mass is 10.1. The highest BCUT2D eigenvalue weighted by Gasteiger charge is 2.29. The number of hydrogen-bond acceptors (Lipinski definition) is 5. The highest BCUT2D eigenvalue weighted by Crippen LogP contribution is 2.21. The Morgan fingerprint density at radius 2 is 1.84 bits per heavy atom. The monoisotopic (exact) mass is 396 g/mol. The molecule has 1 aromatic carbocycles. The van der Waals surface area contributed by atoms with Crippen molar-refractivity contribution < 1.29 is 31.1 Å². The van der Waals surface area contributed by atoms with Crippen molar-refractivity contribution in [2.24, 2.45) is 5.92 Å². The second-order valence-electron chi connectivity index (χ2n) is 5.75. The number of rotatable bonds is 9. The number of carbonyl (C=O) groups is 1. The van der Waals surface area contributed by atoms with Crippen molar-refractivity contribution in [1.82, 2.24) is 4.72 Å². The van der Waals surface area contributed by atoms with Crippen molar-refractivity contribution in [3.05, 3.63) is 24.0 Å². The van der Waals surface area contributed by atoms with Crippen molar-refractivity contribution in [3.8, 4) is 0 Å². The van der Waals surface area contributed by atoms with Crippen LogP contribution in [0.2, 0.25) is 0 Å². The van der Waals surface area contributed by atoms with E-state index in [1.54, 1.807) is 6.92 Å². The summed E-state index contributed by atoms with van der Waals surface area (Å²) >= 11 is 0. The fourth-order valence-electron chi connectivity index (χ4n) is 1.98. The molecule has 0 aliphatic carbocycles. The fourth-order valence-corrected chi connectivity index (χ4v) is 4.51. The van der Waals surface area contributed by atoms with E-state index in [4.69, 9.17) is 5.11 Å². The number of halogens is 1. The van der Waals surface area contributed by atoms with E-state index in [9.17, 15) is 26.0 Å². The Hall–Kier alpha value is -1.72. The van der Waals surface area contributed by atoms with Gasteiger partial charge in [0.1, 0.15) is 16.8 Å². The number of nitrogens with one attached hydrogen (secondary N) is 2. The molecule has 0 aliphatic heterocycles. The molecule has 3 N–H and O–H groups in total. The molecule has 25 heavy (non-hydrogen) atoms. The minimum atomic E-state index is -4.43. The highest BCUT2D eigenvalue weighted by atomic mass is 32.2. The number of hydrogen-bond donors (Lipinski definition) is 3.